The summed E-state index contributed by atoms with van der Waals surface area (Å²) in [6.07, 6.45) is 5.65. The van der Waals surface area contributed by atoms with E-state index in [0.29, 0.717) is 13.0 Å². The number of rotatable bonds is 9. The van der Waals surface area contributed by atoms with Gasteiger partial charge in [-0.25, -0.2) is 0 Å². The lowest BCUT2D eigenvalue weighted by molar-refractivity contribution is -0.132. The summed E-state index contributed by atoms with van der Waals surface area (Å²) < 4.78 is 28.6. The average Bonchev–Trinajstić information content (AvgIpc) is 2.67. The molecular formula is C21H30F2N2O3. The largest absolute Gasteiger partial charge is 0.435 e. The fourth-order valence-corrected chi connectivity index (χ4v) is 3.45. The fourth-order valence-electron chi connectivity index (χ4n) is 3.45. The quantitative estimate of drug-likeness (QED) is 0.669. The number of alkyl halides is 2. The molecule has 28 heavy (non-hydrogen) atoms. The van der Waals surface area contributed by atoms with Crippen molar-refractivity contribution in [3.8, 4) is 5.75 Å². The van der Waals surface area contributed by atoms with Crippen LogP contribution in [0.1, 0.15) is 51.5 Å². The van der Waals surface area contributed by atoms with E-state index in [-0.39, 0.29) is 29.4 Å². The van der Waals surface area contributed by atoms with Crippen molar-refractivity contribution in [1.82, 2.24) is 10.6 Å². The van der Waals surface area contributed by atoms with Crippen molar-refractivity contribution in [2.45, 2.75) is 65.0 Å². The summed E-state index contributed by atoms with van der Waals surface area (Å²) in [4.78, 5) is 25.0. The fraction of sp³-hybridized carbons (Fsp3) is 0.619. The molecule has 1 fully saturated rings. The third-order valence-corrected chi connectivity index (χ3v) is 5.08. The van der Waals surface area contributed by atoms with Crippen LogP contribution in [0.4, 0.5) is 8.78 Å². The Hall–Kier alpha value is -2.18. The first-order valence-electron chi connectivity index (χ1n) is 9.98. The molecule has 156 valence electrons. The third kappa shape index (κ3) is 7.09. The number of amides is 2. The van der Waals surface area contributed by atoms with Crippen LogP contribution in [0.3, 0.4) is 0 Å². The lowest BCUT2D eigenvalue weighted by Crippen LogP contribution is -2.51. The summed E-state index contributed by atoms with van der Waals surface area (Å²) in [6.45, 7) is 1.37. The van der Waals surface area contributed by atoms with Gasteiger partial charge in [-0.2, -0.15) is 8.78 Å². The highest BCUT2D eigenvalue weighted by molar-refractivity contribution is 5.88. The van der Waals surface area contributed by atoms with E-state index >= 15 is 0 Å². The van der Waals surface area contributed by atoms with Crippen LogP contribution in [-0.4, -0.2) is 31.0 Å². The number of benzene rings is 1. The Bertz CT molecular complexity index is 629. The first-order chi connectivity index (χ1) is 13.4. The maximum atomic E-state index is 12.5. The van der Waals surface area contributed by atoms with Crippen molar-refractivity contribution in [2.75, 3.05) is 6.54 Å². The Morgan fingerprint density at radius 3 is 2.32 bits per heavy atom. The van der Waals surface area contributed by atoms with E-state index in [0.717, 1.165) is 31.2 Å². The molecule has 0 saturated heterocycles. The molecule has 1 aliphatic carbocycles. The zero-order valence-electron chi connectivity index (χ0n) is 16.5. The van der Waals surface area contributed by atoms with E-state index in [2.05, 4.69) is 15.4 Å². The normalized spacial score (nSPS) is 16.1. The SMILES string of the molecule is CC(C)C(NC(=O)C1CCCCC1)C(=O)NCCc1ccc(OC(F)F)cc1. The molecular weight excluding hydrogens is 366 g/mol. The van der Waals surface area contributed by atoms with Crippen LogP contribution in [-0.2, 0) is 16.0 Å². The zero-order valence-corrected chi connectivity index (χ0v) is 16.5. The molecule has 0 aliphatic heterocycles. The Morgan fingerprint density at radius 1 is 1.11 bits per heavy atom. The van der Waals surface area contributed by atoms with Crippen LogP contribution in [0.2, 0.25) is 0 Å². The monoisotopic (exact) mass is 396 g/mol. The van der Waals surface area contributed by atoms with Crippen LogP contribution >= 0.6 is 0 Å². The van der Waals surface area contributed by atoms with Crippen molar-refractivity contribution < 1.29 is 23.1 Å². The second kappa shape index (κ2) is 11.0. The molecule has 5 nitrogen and oxygen atoms in total. The minimum Gasteiger partial charge on any atom is -0.435 e. The van der Waals surface area contributed by atoms with E-state index in [1.807, 2.05) is 13.8 Å². The smallest absolute Gasteiger partial charge is 0.387 e. The first kappa shape index (κ1) is 22.1. The topological polar surface area (TPSA) is 67.4 Å². The van der Waals surface area contributed by atoms with Gasteiger partial charge in [0.2, 0.25) is 11.8 Å². The van der Waals surface area contributed by atoms with Crippen molar-refractivity contribution in [2.24, 2.45) is 11.8 Å². The van der Waals surface area contributed by atoms with E-state index in [1.165, 1.54) is 18.6 Å². The van der Waals surface area contributed by atoms with Crippen molar-refractivity contribution in [3.05, 3.63) is 29.8 Å². The molecule has 0 aromatic heterocycles. The van der Waals surface area contributed by atoms with E-state index in [1.54, 1.807) is 12.1 Å². The van der Waals surface area contributed by atoms with Gasteiger partial charge < -0.3 is 15.4 Å². The van der Waals surface area contributed by atoms with Crippen LogP contribution < -0.4 is 15.4 Å². The molecule has 7 heteroatoms. The highest BCUT2D eigenvalue weighted by atomic mass is 19.3. The molecule has 0 spiro atoms. The van der Waals surface area contributed by atoms with Gasteiger partial charge in [0.15, 0.2) is 0 Å². The molecule has 2 rings (SSSR count). The van der Waals surface area contributed by atoms with Gasteiger partial charge in [0.1, 0.15) is 11.8 Å². The highest BCUT2D eigenvalue weighted by Crippen LogP contribution is 2.24. The van der Waals surface area contributed by atoms with Crippen LogP contribution in [0, 0.1) is 11.8 Å². The third-order valence-electron chi connectivity index (χ3n) is 5.08. The van der Waals surface area contributed by atoms with Crippen molar-refractivity contribution in [3.63, 3.8) is 0 Å². The number of hydrogen-bond acceptors (Lipinski definition) is 3. The predicted octanol–water partition coefficient (Wildman–Crippen LogP) is 3.67. The summed E-state index contributed by atoms with van der Waals surface area (Å²) >= 11 is 0. The molecule has 0 bridgehead atoms. The van der Waals surface area contributed by atoms with E-state index in [9.17, 15) is 18.4 Å². The van der Waals surface area contributed by atoms with Gasteiger partial charge in [-0.05, 0) is 42.9 Å². The minimum atomic E-state index is -2.85. The van der Waals surface area contributed by atoms with E-state index in [4.69, 9.17) is 0 Å². The second-order valence-electron chi connectivity index (χ2n) is 7.63. The van der Waals surface area contributed by atoms with Crippen molar-refractivity contribution >= 4 is 11.8 Å². The lowest BCUT2D eigenvalue weighted by atomic mass is 9.88. The number of carbonyl (C=O) groups is 2. The molecule has 2 N–H and O–H groups in total. The van der Waals surface area contributed by atoms with Gasteiger partial charge in [0.25, 0.3) is 0 Å². The number of carbonyl (C=O) groups excluding carboxylic acids is 2. The summed E-state index contributed by atoms with van der Waals surface area (Å²) in [5.74, 6) is -0.122. The van der Waals surface area contributed by atoms with Crippen LogP contribution in [0.5, 0.6) is 5.75 Å². The zero-order chi connectivity index (χ0) is 20.5. The van der Waals surface area contributed by atoms with Crippen molar-refractivity contribution in [1.29, 1.82) is 0 Å². The summed E-state index contributed by atoms with van der Waals surface area (Å²) in [5.41, 5.74) is 0.897. The van der Waals surface area contributed by atoms with Gasteiger partial charge in [0, 0.05) is 12.5 Å². The summed E-state index contributed by atoms with van der Waals surface area (Å²) in [6, 6.07) is 5.77. The van der Waals surface area contributed by atoms with Gasteiger partial charge in [-0.15, -0.1) is 0 Å². The Labute approximate surface area is 165 Å². The second-order valence-corrected chi connectivity index (χ2v) is 7.63. The molecule has 1 aliphatic rings. The standard InChI is InChI=1S/C21H30F2N2O3/c1-14(2)18(25-19(26)16-6-4-3-5-7-16)20(27)24-13-12-15-8-10-17(11-9-15)28-21(22)23/h8-11,14,16,18,21H,3-7,12-13H2,1-2H3,(H,24,27)(H,25,26). The predicted molar refractivity (Wildman–Crippen MR) is 103 cm³/mol. The maximum Gasteiger partial charge on any atom is 0.387 e. The average molecular weight is 396 g/mol. The van der Waals surface area contributed by atoms with Crippen LogP contribution in [0.15, 0.2) is 24.3 Å². The molecule has 1 aromatic carbocycles. The number of nitrogens with one attached hydrogen (secondary N) is 2. The van der Waals surface area contributed by atoms with Gasteiger partial charge in [-0.3, -0.25) is 9.59 Å². The lowest BCUT2D eigenvalue weighted by Gasteiger charge is -2.26. The molecule has 0 heterocycles. The number of hydrogen-bond donors (Lipinski definition) is 2. The minimum absolute atomic E-state index is 0.0109. The molecule has 1 atom stereocenters. The van der Waals surface area contributed by atoms with Gasteiger partial charge in [0.05, 0.1) is 0 Å². The first-order valence-corrected chi connectivity index (χ1v) is 9.98. The molecule has 1 aromatic rings. The summed E-state index contributed by atoms with van der Waals surface area (Å²) in [7, 11) is 0. The number of halogens is 2. The van der Waals surface area contributed by atoms with Gasteiger partial charge in [-0.1, -0.05) is 45.2 Å². The Morgan fingerprint density at radius 2 is 1.75 bits per heavy atom. The molecule has 1 saturated carbocycles. The summed E-state index contributed by atoms with van der Waals surface area (Å²) in [5, 5.41) is 5.78. The molecule has 1 unspecified atom stereocenters. The van der Waals surface area contributed by atoms with Gasteiger partial charge >= 0.3 is 6.61 Å². The molecule has 0 radical (unpaired) electrons. The Kier molecular flexibility index (Phi) is 8.67. The van der Waals surface area contributed by atoms with E-state index < -0.39 is 12.7 Å². The number of ether oxygens (including phenoxy) is 1. The highest BCUT2D eigenvalue weighted by Gasteiger charge is 2.28. The maximum absolute atomic E-state index is 12.5. The molecule has 2 amide bonds. The Balaban J connectivity index is 1.80. The van der Waals surface area contributed by atoms with Crippen LogP contribution in [0.25, 0.3) is 0 Å².